The van der Waals surface area contributed by atoms with Crippen molar-refractivity contribution in [2.75, 3.05) is 0 Å². The van der Waals surface area contributed by atoms with E-state index >= 15 is 0 Å². The minimum Gasteiger partial charge on any atom is -0.208 e. The second kappa shape index (κ2) is 11.7. The number of rotatable bonds is 5. The molecule has 0 amide bonds. The van der Waals surface area contributed by atoms with E-state index in [2.05, 4.69) is 152 Å². The molecule has 0 saturated heterocycles. The Morgan fingerprint density at radius 3 is 1.31 bits per heavy atom. The second-order valence-electron chi connectivity index (χ2n) is 12.1. The maximum Gasteiger partial charge on any atom is 0.165 e. The van der Waals surface area contributed by atoms with Crippen molar-refractivity contribution in [3.05, 3.63) is 176 Å². The summed E-state index contributed by atoms with van der Waals surface area (Å²) in [4.78, 5) is 15.5. The summed E-state index contributed by atoms with van der Waals surface area (Å²) in [6.07, 6.45) is 0. The predicted molar refractivity (Wildman–Crippen MR) is 200 cm³/mol. The van der Waals surface area contributed by atoms with Gasteiger partial charge in [0, 0.05) is 22.1 Å². The van der Waals surface area contributed by atoms with E-state index in [4.69, 9.17) is 15.0 Å². The van der Waals surface area contributed by atoms with Gasteiger partial charge in [0.25, 0.3) is 0 Å². The third-order valence-corrected chi connectivity index (χ3v) is 9.11. The van der Waals surface area contributed by atoms with Gasteiger partial charge in [0.2, 0.25) is 0 Å². The topological polar surface area (TPSA) is 38.7 Å². The van der Waals surface area contributed by atoms with E-state index < -0.39 is 0 Å². The molecule has 0 unspecified atom stereocenters. The summed E-state index contributed by atoms with van der Waals surface area (Å²) in [6.45, 7) is 0. The number of nitrogens with zero attached hydrogens (tertiary/aromatic N) is 3. The van der Waals surface area contributed by atoms with Crippen molar-refractivity contribution >= 4 is 32.3 Å². The molecule has 0 saturated carbocycles. The Bertz CT molecular complexity index is 2580. The summed E-state index contributed by atoms with van der Waals surface area (Å²) in [6, 6.07) is 61.7. The molecule has 9 aromatic rings. The van der Waals surface area contributed by atoms with E-state index in [9.17, 15) is 0 Å². The zero-order valence-corrected chi connectivity index (χ0v) is 26.1. The first-order chi connectivity index (χ1) is 23.8. The van der Waals surface area contributed by atoms with Crippen LogP contribution in [0.5, 0.6) is 0 Å². The molecule has 0 aliphatic heterocycles. The van der Waals surface area contributed by atoms with Crippen LogP contribution in [0.4, 0.5) is 0 Å². The fraction of sp³-hybridized carbons (Fsp3) is 0. The van der Waals surface area contributed by atoms with Gasteiger partial charge >= 0.3 is 0 Å². The van der Waals surface area contributed by atoms with Gasteiger partial charge in [0.05, 0.1) is 0 Å². The van der Waals surface area contributed by atoms with E-state index in [0.717, 1.165) is 49.4 Å². The van der Waals surface area contributed by atoms with Gasteiger partial charge in [-0.15, -0.1) is 0 Å². The van der Waals surface area contributed by atoms with Gasteiger partial charge in [0.15, 0.2) is 17.5 Å². The molecule has 3 nitrogen and oxygen atoms in total. The Labute approximate surface area is 278 Å². The normalized spacial score (nSPS) is 11.3. The molecule has 1 aromatic heterocycles. The van der Waals surface area contributed by atoms with Gasteiger partial charge in [-0.05, 0) is 55.3 Å². The summed E-state index contributed by atoms with van der Waals surface area (Å²) in [5.41, 5.74) is 7.64. The Hall–Kier alpha value is -6.45. The van der Waals surface area contributed by atoms with Crippen LogP contribution in [0.3, 0.4) is 0 Å². The highest BCUT2D eigenvalue weighted by Gasteiger charge is 2.18. The Morgan fingerprint density at radius 1 is 0.271 bits per heavy atom. The predicted octanol–water partition coefficient (Wildman–Crippen LogP) is 11.7. The molecular weight excluding hydrogens is 583 g/mol. The first-order valence-corrected chi connectivity index (χ1v) is 16.2. The Balaban J connectivity index is 1.21. The van der Waals surface area contributed by atoms with Crippen LogP contribution < -0.4 is 0 Å². The van der Waals surface area contributed by atoms with Crippen molar-refractivity contribution in [2.45, 2.75) is 0 Å². The molecule has 0 aliphatic carbocycles. The van der Waals surface area contributed by atoms with Gasteiger partial charge in [-0.2, -0.15) is 0 Å². The lowest BCUT2D eigenvalue weighted by Gasteiger charge is -2.15. The third-order valence-electron chi connectivity index (χ3n) is 9.11. The molecule has 48 heavy (non-hydrogen) atoms. The van der Waals surface area contributed by atoms with Crippen molar-refractivity contribution in [1.29, 1.82) is 0 Å². The van der Waals surface area contributed by atoms with Crippen LogP contribution in [0.25, 0.3) is 88.7 Å². The SMILES string of the molecule is c1ccc(-c2ccc(-c3ccc(-c4nc(-c5ccccc5)nc(-c5c6ccccc6cc6ccc7ccccc7c56)n4)cc3)cc2)cc1. The van der Waals surface area contributed by atoms with E-state index in [1.165, 1.54) is 21.9 Å². The molecule has 9 rings (SSSR count). The summed E-state index contributed by atoms with van der Waals surface area (Å²) < 4.78 is 0. The lowest BCUT2D eigenvalue weighted by atomic mass is 9.92. The van der Waals surface area contributed by atoms with E-state index in [1.807, 2.05) is 24.3 Å². The Kier molecular flexibility index (Phi) is 6.80. The molecule has 0 aliphatic rings. The van der Waals surface area contributed by atoms with Crippen molar-refractivity contribution in [3.63, 3.8) is 0 Å². The summed E-state index contributed by atoms with van der Waals surface area (Å²) >= 11 is 0. The van der Waals surface area contributed by atoms with Gasteiger partial charge in [-0.25, -0.2) is 15.0 Å². The molecule has 0 fully saturated rings. The summed E-state index contributed by atoms with van der Waals surface area (Å²) in [7, 11) is 0. The van der Waals surface area contributed by atoms with E-state index in [0.29, 0.717) is 17.5 Å². The minimum atomic E-state index is 0.645. The smallest absolute Gasteiger partial charge is 0.165 e. The van der Waals surface area contributed by atoms with Gasteiger partial charge < -0.3 is 0 Å². The molecule has 0 N–H and O–H groups in total. The fourth-order valence-corrected chi connectivity index (χ4v) is 6.70. The van der Waals surface area contributed by atoms with Gasteiger partial charge in [-0.1, -0.05) is 170 Å². The summed E-state index contributed by atoms with van der Waals surface area (Å²) in [5.74, 6) is 1.96. The molecule has 224 valence electrons. The first kappa shape index (κ1) is 27.8. The minimum absolute atomic E-state index is 0.645. The Morgan fingerprint density at radius 2 is 0.688 bits per heavy atom. The number of fused-ring (bicyclic) bond motifs is 4. The molecule has 0 spiro atoms. The highest BCUT2D eigenvalue weighted by Crippen LogP contribution is 2.40. The van der Waals surface area contributed by atoms with Crippen LogP contribution in [0.15, 0.2) is 176 Å². The molecule has 0 bridgehead atoms. The maximum absolute atomic E-state index is 5.23. The van der Waals surface area contributed by atoms with Gasteiger partial charge in [0.1, 0.15) is 0 Å². The second-order valence-corrected chi connectivity index (χ2v) is 12.1. The average Bonchev–Trinajstić information content (AvgIpc) is 3.17. The molecule has 0 atom stereocenters. The van der Waals surface area contributed by atoms with Crippen LogP contribution in [0.1, 0.15) is 0 Å². The third kappa shape index (κ3) is 4.99. The molecule has 3 heteroatoms. The molecule has 0 radical (unpaired) electrons. The standard InChI is InChI=1S/C45H29N3/c1-3-11-30(12-4-1)31-19-21-32(22-20-31)33-23-26-36(27-24-33)44-46-43(35-14-5-2-6-15-35)47-45(48-44)42-40-18-10-8-16-37(40)29-38-28-25-34-13-7-9-17-39(34)41(38)42/h1-29H. The zero-order chi connectivity index (χ0) is 31.9. The first-order valence-electron chi connectivity index (χ1n) is 16.2. The van der Waals surface area contributed by atoms with E-state index in [-0.39, 0.29) is 0 Å². The lowest BCUT2D eigenvalue weighted by Crippen LogP contribution is -2.01. The van der Waals surface area contributed by atoms with Crippen LogP contribution >= 0.6 is 0 Å². The molecule has 8 aromatic carbocycles. The van der Waals surface area contributed by atoms with Crippen LogP contribution in [0, 0.1) is 0 Å². The average molecular weight is 612 g/mol. The zero-order valence-electron chi connectivity index (χ0n) is 26.1. The molecule has 1 heterocycles. The van der Waals surface area contributed by atoms with Crippen molar-refractivity contribution in [2.24, 2.45) is 0 Å². The lowest BCUT2D eigenvalue weighted by molar-refractivity contribution is 1.08. The van der Waals surface area contributed by atoms with Crippen molar-refractivity contribution < 1.29 is 0 Å². The number of benzene rings is 8. The van der Waals surface area contributed by atoms with Crippen molar-refractivity contribution in [3.8, 4) is 56.4 Å². The van der Waals surface area contributed by atoms with E-state index in [1.54, 1.807) is 0 Å². The van der Waals surface area contributed by atoms with Gasteiger partial charge in [-0.3, -0.25) is 0 Å². The van der Waals surface area contributed by atoms with Crippen molar-refractivity contribution in [1.82, 2.24) is 15.0 Å². The molecular formula is C45H29N3. The highest BCUT2D eigenvalue weighted by molar-refractivity contribution is 6.21. The van der Waals surface area contributed by atoms with Crippen LogP contribution in [-0.2, 0) is 0 Å². The number of hydrogen-bond donors (Lipinski definition) is 0. The quantitative estimate of drug-likeness (QED) is 0.144. The van der Waals surface area contributed by atoms with Crippen LogP contribution in [-0.4, -0.2) is 15.0 Å². The summed E-state index contributed by atoms with van der Waals surface area (Å²) in [5, 5.41) is 6.95. The largest absolute Gasteiger partial charge is 0.208 e. The number of hydrogen-bond acceptors (Lipinski definition) is 3. The highest BCUT2D eigenvalue weighted by atomic mass is 15.0. The number of aromatic nitrogens is 3. The monoisotopic (exact) mass is 611 g/mol. The van der Waals surface area contributed by atoms with Crippen LogP contribution in [0.2, 0.25) is 0 Å². The fourth-order valence-electron chi connectivity index (χ4n) is 6.70. The maximum atomic E-state index is 5.23.